The third-order valence-corrected chi connectivity index (χ3v) is 3.74. The monoisotopic (exact) mass is 346 g/mol. The number of carbonyl (C=O) groups is 2. The Morgan fingerprint density at radius 3 is 2.24 bits per heavy atom. The molecular weight excluding hydrogens is 320 g/mol. The molecule has 2 aromatic rings. The lowest BCUT2D eigenvalue weighted by Gasteiger charge is -2.06. The van der Waals surface area contributed by atoms with Crippen LogP contribution in [0, 0.1) is 18.8 Å². The van der Waals surface area contributed by atoms with Gasteiger partial charge in [0.25, 0.3) is 0 Å². The summed E-state index contributed by atoms with van der Waals surface area (Å²) < 4.78 is 3.73. The Balaban J connectivity index is 1.93. The molecule has 2 rings (SSSR count). The Morgan fingerprint density at radius 2 is 1.64 bits per heavy atom. The van der Waals surface area contributed by atoms with E-state index >= 15 is 0 Å². The van der Waals surface area contributed by atoms with Crippen molar-refractivity contribution < 1.29 is 9.59 Å². The quantitative estimate of drug-likeness (QED) is 0.804. The first-order valence-corrected chi connectivity index (χ1v) is 8.44. The predicted octanol–water partition coefficient (Wildman–Crippen LogP) is 2.28. The smallest absolute Gasteiger partial charge is 0.228 e. The third-order valence-electron chi connectivity index (χ3n) is 3.74. The highest BCUT2D eigenvalue weighted by Gasteiger charge is 2.11. The summed E-state index contributed by atoms with van der Waals surface area (Å²) in [5.74, 6) is 0.822. The molecule has 0 aliphatic heterocycles. The normalized spacial score (nSPS) is 11.2. The number of hydrogen-bond acceptors (Lipinski definition) is 4. The fraction of sp³-hybridized carbons (Fsp3) is 0.529. The van der Waals surface area contributed by atoms with Crippen molar-refractivity contribution >= 4 is 23.5 Å². The predicted molar refractivity (Wildman–Crippen MR) is 96.1 cm³/mol. The van der Waals surface area contributed by atoms with Crippen LogP contribution in [0.4, 0.5) is 11.6 Å². The average Bonchev–Trinajstić information content (AvgIpc) is 3.11. The summed E-state index contributed by atoms with van der Waals surface area (Å²) in [5.41, 5.74) is 0.965. The van der Waals surface area contributed by atoms with Crippen molar-refractivity contribution in [3.8, 4) is 0 Å². The highest BCUT2D eigenvalue weighted by Crippen LogP contribution is 2.11. The van der Waals surface area contributed by atoms with E-state index < -0.39 is 0 Å². The second kappa shape index (κ2) is 7.96. The van der Waals surface area contributed by atoms with Crippen molar-refractivity contribution in [2.45, 2.75) is 47.7 Å². The van der Waals surface area contributed by atoms with E-state index in [0.717, 1.165) is 5.69 Å². The first kappa shape index (κ1) is 18.7. The van der Waals surface area contributed by atoms with E-state index in [-0.39, 0.29) is 23.7 Å². The molecule has 2 heterocycles. The molecule has 2 aromatic heterocycles. The number of carbonyl (C=O) groups excluding carboxylic acids is 2. The SMILES string of the molecule is Cc1cc(NC(=O)C(C)C)nn1CCn1cnc(NC(=O)C(C)C)c1. The van der Waals surface area contributed by atoms with Crippen LogP contribution in [0.5, 0.6) is 0 Å². The van der Waals surface area contributed by atoms with Gasteiger partial charge in [-0.25, -0.2) is 4.98 Å². The van der Waals surface area contributed by atoms with E-state index in [4.69, 9.17) is 0 Å². The van der Waals surface area contributed by atoms with Gasteiger partial charge in [0.1, 0.15) is 0 Å². The molecule has 0 unspecified atom stereocenters. The minimum atomic E-state index is -0.0872. The topological polar surface area (TPSA) is 93.8 Å². The lowest BCUT2D eigenvalue weighted by atomic mass is 10.2. The molecule has 136 valence electrons. The highest BCUT2D eigenvalue weighted by molar-refractivity contribution is 5.91. The Bertz CT molecular complexity index is 744. The Hall–Kier alpha value is -2.64. The molecule has 0 fully saturated rings. The minimum Gasteiger partial charge on any atom is -0.333 e. The molecule has 2 N–H and O–H groups in total. The van der Waals surface area contributed by atoms with Gasteiger partial charge in [-0.15, -0.1) is 0 Å². The number of rotatable bonds is 7. The largest absolute Gasteiger partial charge is 0.333 e. The van der Waals surface area contributed by atoms with Crippen LogP contribution < -0.4 is 10.6 Å². The number of anilines is 2. The van der Waals surface area contributed by atoms with Gasteiger partial charge in [0.05, 0.1) is 12.9 Å². The number of hydrogen-bond donors (Lipinski definition) is 2. The van der Waals surface area contributed by atoms with Gasteiger partial charge in [0, 0.05) is 36.3 Å². The van der Waals surface area contributed by atoms with Crippen LogP contribution in [0.1, 0.15) is 33.4 Å². The third kappa shape index (κ3) is 5.17. The molecule has 25 heavy (non-hydrogen) atoms. The van der Waals surface area contributed by atoms with Gasteiger partial charge in [-0.3, -0.25) is 14.3 Å². The van der Waals surface area contributed by atoms with E-state index in [1.165, 1.54) is 0 Å². The molecule has 0 bridgehead atoms. The van der Waals surface area contributed by atoms with Gasteiger partial charge in [-0.2, -0.15) is 5.10 Å². The van der Waals surface area contributed by atoms with E-state index in [1.54, 1.807) is 12.5 Å². The van der Waals surface area contributed by atoms with Crippen LogP contribution in [0.25, 0.3) is 0 Å². The Labute approximate surface area is 147 Å². The molecule has 8 heteroatoms. The second-order valence-electron chi connectivity index (χ2n) is 6.68. The molecule has 2 amide bonds. The minimum absolute atomic E-state index is 0.0511. The van der Waals surface area contributed by atoms with Gasteiger partial charge in [0.15, 0.2) is 11.6 Å². The second-order valence-corrected chi connectivity index (χ2v) is 6.68. The zero-order valence-corrected chi connectivity index (χ0v) is 15.4. The van der Waals surface area contributed by atoms with E-state index in [2.05, 4.69) is 20.7 Å². The Morgan fingerprint density at radius 1 is 1.04 bits per heavy atom. The summed E-state index contributed by atoms with van der Waals surface area (Å²) in [7, 11) is 0. The number of imidazole rings is 1. The standard InChI is InChI=1S/C17H26N6O2/c1-11(2)16(24)19-14-8-13(5)23(21-14)7-6-22-9-15(18-10-22)20-17(25)12(3)4/h8-12H,6-7H2,1-5H3,(H,20,25)(H,19,21,24). The first-order valence-electron chi connectivity index (χ1n) is 8.44. The van der Waals surface area contributed by atoms with Crippen molar-refractivity contribution in [3.63, 3.8) is 0 Å². The van der Waals surface area contributed by atoms with Crippen molar-refractivity contribution in [3.05, 3.63) is 24.3 Å². The van der Waals surface area contributed by atoms with E-state index in [1.807, 2.05) is 49.9 Å². The molecule has 0 radical (unpaired) electrons. The van der Waals surface area contributed by atoms with Gasteiger partial charge in [-0.1, -0.05) is 27.7 Å². The summed E-state index contributed by atoms with van der Waals surface area (Å²) in [6.45, 7) is 10.6. The van der Waals surface area contributed by atoms with E-state index in [9.17, 15) is 9.59 Å². The summed E-state index contributed by atoms with van der Waals surface area (Å²) in [5, 5.41) is 9.97. The average molecular weight is 346 g/mol. The molecule has 0 saturated carbocycles. The molecule has 0 atom stereocenters. The first-order chi connectivity index (χ1) is 11.8. The number of amides is 2. The summed E-state index contributed by atoms with van der Waals surface area (Å²) >= 11 is 0. The van der Waals surface area contributed by atoms with E-state index in [0.29, 0.717) is 24.7 Å². The molecule has 0 aliphatic rings. The zero-order chi connectivity index (χ0) is 18.6. The van der Waals surface area contributed by atoms with Crippen molar-refractivity contribution in [1.82, 2.24) is 19.3 Å². The zero-order valence-electron chi connectivity index (χ0n) is 15.4. The van der Waals surface area contributed by atoms with Crippen molar-refractivity contribution in [2.75, 3.05) is 10.6 Å². The molecule has 0 aromatic carbocycles. The van der Waals surface area contributed by atoms with Gasteiger partial charge in [-0.05, 0) is 6.92 Å². The van der Waals surface area contributed by atoms with Crippen molar-refractivity contribution in [2.24, 2.45) is 11.8 Å². The molecule has 0 spiro atoms. The fourth-order valence-electron chi connectivity index (χ4n) is 2.10. The number of aryl methyl sites for hydroxylation is 3. The van der Waals surface area contributed by atoms with Crippen LogP contribution in [0.2, 0.25) is 0 Å². The van der Waals surface area contributed by atoms with Crippen LogP contribution in [-0.4, -0.2) is 31.1 Å². The maximum atomic E-state index is 11.7. The Kier molecular flexibility index (Phi) is 5.95. The molecule has 0 aliphatic carbocycles. The number of nitrogens with zero attached hydrogens (tertiary/aromatic N) is 4. The van der Waals surface area contributed by atoms with Crippen LogP contribution in [0.15, 0.2) is 18.6 Å². The maximum Gasteiger partial charge on any atom is 0.228 e. The van der Waals surface area contributed by atoms with Crippen LogP contribution >= 0.6 is 0 Å². The van der Waals surface area contributed by atoms with Gasteiger partial charge in [0.2, 0.25) is 11.8 Å². The van der Waals surface area contributed by atoms with Crippen LogP contribution in [-0.2, 0) is 22.7 Å². The lowest BCUT2D eigenvalue weighted by Crippen LogP contribution is -2.18. The van der Waals surface area contributed by atoms with Crippen LogP contribution in [0.3, 0.4) is 0 Å². The number of nitrogens with one attached hydrogen (secondary N) is 2. The lowest BCUT2D eigenvalue weighted by molar-refractivity contribution is -0.119. The fourth-order valence-corrected chi connectivity index (χ4v) is 2.10. The maximum absolute atomic E-state index is 11.7. The summed E-state index contributed by atoms with van der Waals surface area (Å²) in [6.07, 6.45) is 3.47. The molecule has 8 nitrogen and oxygen atoms in total. The summed E-state index contributed by atoms with van der Waals surface area (Å²) in [4.78, 5) is 27.6. The van der Waals surface area contributed by atoms with Crippen molar-refractivity contribution in [1.29, 1.82) is 0 Å². The molecule has 0 saturated heterocycles. The van der Waals surface area contributed by atoms with Gasteiger partial charge >= 0.3 is 0 Å². The number of aromatic nitrogens is 4. The summed E-state index contributed by atoms with van der Waals surface area (Å²) in [6, 6.07) is 1.85. The molecular formula is C17H26N6O2. The highest BCUT2D eigenvalue weighted by atomic mass is 16.2. The van der Waals surface area contributed by atoms with Gasteiger partial charge < -0.3 is 15.2 Å².